The summed E-state index contributed by atoms with van der Waals surface area (Å²) in [5, 5.41) is 12.5. The Morgan fingerprint density at radius 2 is 2.05 bits per heavy atom. The Balaban J connectivity index is 2.65. The molecule has 0 aromatic carbocycles. The largest absolute Gasteiger partial charge is 0.478 e. The first-order valence-electron chi connectivity index (χ1n) is 6.56. The van der Waals surface area contributed by atoms with Crippen LogP contribution in [0.25, 0.3) is 0 Å². The van der Waals surface area contributed by atoms with Gasteiger partial charge in [0.15, 0.2) is 0 Å². The summed E-state index contributed by atoms with van der Waals surface area (Å²) in [5.74, 6) is 0.0316. The maximum atomic E-state index is 11.1. The van der Waals surface area contributed by atoms with Crippen molar-refractivity contribution in [3.63, 3.8) is 0 Å². The number of aromatic carboxylic acids is 1. The van der Waals surface area contributed by atoms with Crippen molar-refractivity contribution in [2.24, 2.45) is 5.92 Å². The lowest BCUT2D eigenvalue weighted by molar-refractivity contribution is 0.0697. The molecule has 1 aromatic rings. The molecular formula is C14H21ClN2O2. The highest BCUT2D eigenvalue weighted by Gasteiger charge is 2.14. The van der Waals surface area contributed by atoms with Crippen molar-refractivity contribution in [2.75, 3.05) is 5.32 Å². The Kier molecular flexibility index (Phi) is 6.09. The second-order valence-electron chi connectivity index (χ2n) is 5.21. The molecule has 0 amide bonds. The van der Waals surface area contributed by atoms with Gasteiger partial charge in [0.2, 0.25) is 0 Å². The molecule has 0 fully saturated rings. The first kappa shape index (κ1) is 15.8. The van der Waals surface area contributed by atoms with E-state index in [0.717, 1.165) is 12.8 Å². The van der Waals surface area contributed by atoms with E-state index >= 15 is 0 Å². The topological polar surface area (TPSA) is 62.2 Å². The molecule has 0 aliphatic heterocycles. The second-order valence-corrected chi connectivity index (χ2v) is 5.59. The zero-order chi connectivity index (χ0) is 14.4. The van der Waals surface area contributed by atoms with Crippen molar-refractivity contribution in [3.05, 3.63) is 22.8 Å². The number of pyridine rings is 1. The predicted octanol–water partition coefficient (Wildman–Crippen LogP) is 4.06. The van der Waals surface area contributed by atoms with Crippen molar-refractivity contribution in [1.29, 1.82) is 0 Å². The first-order chi connectivity index (χ1) is 8.90. The molecule has 1 unspecified atom stereocenters. The fraction of sp³-hybridized carbons (Fsp3) is 0.571. The SMILES string of the molecule is CC(C)CCCC(C)Nc1nc(Cl)ccc1C(=O)O. The van der Waals surface area contributed by atoms with Gasteiger partial charge >= 0.3 is 5.97 Å². The lowest BCUT2D eigenvalue weighted by Crippen LogP contribution is -2.18. The molecule has 5 heteroatoms. The van der Waals surface area contributed by atoms with Crippen LogP contribution in [0.15, 0.2) is 12.1 Å². The lowest BCUT2D eigenvalue weighted by Gasteiger charge is -2.16. The highest BCUT2D eigenvalue weighted by atomic mass is 35.5. The van der Waals surface area contributed by atoms with Gasteiger partial charge in [-0.1, -0.05) is 38.3 Å². The molecule has 106 valence electrons. The molecule has 0 saturated heterocycles. The summed E-state index contributed by atoms with van der Waals surface area (Å²) >= 11 is 5.81. The highest BCUT2D eigenvalue weighted by molar-refractivity contribution is 6.29. The third kappa shape index (κ3) is 5.47. The molecule has 0 spiro atoms. The van der Waals surface area contributed by atoms with Crippen molar-refractivity contribution >= 4 is 23.4 Å². The Labute approximate surface area is 119 Å². The molecule has 0 radical (unpaired) electrons. The van der Waals surface area contributed by atoms with Crippen LogP contribution in [0.3, 0.4) is 0 Å². The fourth-order valence-corrected chi connectivity index (χ4v) is 2.00. The normalized spacial score (nSPS) is 12.5. The van der Waals surface area contributed by atoms with E-state index in [1.807, 2.05) is 6.92 Å². The van der Waals surface area contributed by atoms with E-state index < -0.39 is 5.97 Å². The Hall–Kier alpha value is -1.29. The van der Waals surface area contributed by atoms with Gasteiger partial charge in [-0.25, -0.2) is 9.78 Å². The average Bonchev–Trinajstić information content (AvgIpc) is 2.27. The summed E-state index contributed by atoms with van der Waals surface area (Å²) in [7, 11) is 0. The molecule has 1 heterocycles. The summed E-state index contributed by atoms with van der Waals surface area (Å²) in [6.45, 7) is 6.41. The minimum absolute atomic E-state index is 0.153. The number of rotatable bonds is 7. The van der Waals surface area contributed by atoms with Crippen LogP contribution in [0.1, 0.15) is 50.4 Å². The number of nitrogens with zero attached hydrogens (tertiary/aromatic N) is 1. The number of nitrogens with one attached hydrogen (secondary N) is 1. The third-order valence-corrected chi connectivity index (χ3v) is 3.10. The summed E-state index contributed by atoms with van der Waals surface area (Å²) < 4.78 is 0. The molecule has 19 heavy (non-hydrogen) atoms. The van der Waals surface area contributed by atoms with E-state index in [-0.39, 0.29) is 11.6 Å². The van der Waals surface area contributed by atoms with E-state index in [1.54, 1.807) is 0 Å². The standard InChI is InChI=1S/C14H21ClN2O2/c1-9(2)5-4-6-10(3)16-13-11(14(18)19)7-8-12(15)17-13/h7-10H,4-6H2,1-3H3,(H,16,17)(H,18,19). The number of hydrogen-bond donors (Lipinski definition) is 2. The Bertz CT molecular complexity index is 435. The predicted molar refractivity (Wildman–Crippen MR) is 78.0 cm³/mol. The summed E-state index contributed by atoms with van der Waals surface area (Å²) in [6, 6.07) is 3.13. The molecule has 1 aromatic heterocycles. The molecule has 1 rings (SSSR count). The van der Waals surface area contributed by atoms with Crippen LogP contribution in [0, 0.1) is 5.92 Å². The second kappa shape index (κ2) is 7.34. The van der Waals surface area contributed by atoms with Gasteiger partial charge in [0, 0.05) is 6.04 Å². The molecule has 0 aliphatic rings. The number of carboxylic acids is 1. The third-order valence-electron chi connectivity index (χ3n) is 2.89. The van der Waals surface area contributed by atoms with Crippen molar-refractivity contribution in [3.8, 4) is 0 Å². The zero-order valence-corrected chi connectivity index (χ0v) is 12.4. The number of aromatic nitrogens is 1. The maximum Gasteiger partial charge on any atom is 0.339 e. The fourth-order valence-electron chi connectivity index (χ4n) is 1.86. The molecule has 2 N–H and O–H groups in total. The molecule has 0 bridgehead atoms. The molecule has 1 atom stereocenters. The first-order valence-corrected chi connectivity index (χ1v) is 6.94. The van der Waals surface area contributed by atoms with Crippen LogP contribution in [0.4, 0.5) is 5.82 Å². The van der Waals surface area contributed by atoms with Crippen LogP contribution in [-0.4, -0.2) is 22.1 Å². The smallest absolute Gasteiger partial charge is 0.339 e. The van der Waals surface area contributed by atoms with Crippen molar-refractivity contribution < 1.29 is 9.90 Å². The Morgan fingerprint density at radius 1 is 1.37 bits per heavy atom. The maximum absolute atomic E-state index is 11.1. The van der Waals surface area contributed by atoms with Crippen molar-refractivity contribution in [1.82, 2.24) is 4.98 Å². The number of carbonyl (C=O) groups is 1. The van der Waals surface area contributed by atoms with E-state index in [4.69, 9.17) is 16.7 Å². The minimum atomic E-state index is -0.999. The molecule has 0 aliphatic carbocycles. The number of carboxylic acid groups (broad SMARTS) is 1. The van der Waals surface area contributed by atoms with Gasteiger partial charge < -0.3 is 10.4 Å². The van der Waals surface area contributed by atoms with Gasteiger partial charge in [-0.3, -0.25) is 0 Å². The van der Waals surface area contributed by atoms with Gasteiger partial charge in [-0.15, -0.1) is 0 Å². The van der Waals surface area contributed by atoms with Crippen molar-refractivity contribution in [2.45, 2.75) is 46.1 Å². The van der Waals surface area contributed by atoms with Crippen LogP contribution >= 0.6 is 11.6 Å². The van der Waals surface area contributed by atoms with Crippen LogP contribution in [0.2, 0.25) is 5.15 Å². The van der Waals surface area contributed by atoms with Crippen LogP contribution in [-0.2, 0) is 0 Å². The summed E-state index contributed by atoms with van der Waals surface area (Å²) in [5.41, 5.74) is 0.153. The number of hydrogen-bond acceptors (Lipinski definition) is 3. The lowest BCUT2D eigenvalue weighted by atomic mass is 10.0. The summed E-state index contributed by atoms with van der Waals surface area (Å²) in [4.78, 5) is 15.1. The monoisotopic (exact) mass is 284 g/mol. The molecular weight excluding hydrogens is 264 g/mol. The van der Waals surface area contributed by atoms with E-state index in [1.165, 1.54) is 18.6 Å². The molecule has 0 saturated carbocycles. The number of halogens is 1. The van der Waals surface area contributed by atoms with E-state index in [9.17, 15) is 4.79 Å². The molecule has 4 nitrogen and oxygen atoms in total. The average molecular weight is 285 g/mol. The highest BCUT2D eigenvalue weighted by Crippen LogP contribution is 2.19. The van der Waals surface area contributed by atoms with Gasteiger partial charge in [-0.05, 0) is 31.4 Å². The Morgan fingerprint density at radius 3 is 2.63 bits per heavy atom. The minimum Gasteiger partial charge on any atom is -0.478 e. The van der Waals surface area contributed by atoms with Gasteiger partial charge in [-0.2, -0.15) is 0 Å². The van der Waals surface area contributed by atoms with Gasteiger partial charge in [0.1, 0.15) is 16.5 Å². The van der Waals surface area contributed by atoms with E-state index in [0.29, 0.717) is 16.9 Å². The van der Waals surface area contributed by atoms with Crippen LogP contribution < -0.4 is 5.32 Å². The van der Waals surface area contributed by atoms with E-state index in [2.05, 4.69) is 24.1 Å². The van der Waals surface area contributed by atoms with Gasteiger partial charge in [0.05, 0.1) is 0 Å². The van der Waals surface area contributed by atoms with Crippen LogP contribution in [0.5, 0.6) is 0 Å². The zero-order valence-electron chi connectivity index (χ0n) is 11.6. The quantitative estimate of drug-likeness (QED) is 0.741. The number of anilines is 1. The summed E-state index contributed by atoms with van der Waals surface area (Å²) in [6.07, 6.45) is 3.25. The van der Waals surface area contributed by atoms with Gasteiger partial charge in [0.25, 0.3) is 0 Å².